The summed E-state index contributed by atoms with van der Waals surface area (Å²) in [5, 5.41) is 2.90. The van der Waals surface area contributed by atoms with Crippen LogP contribution in [-0.4, -0.2) is 33.4 Å². The molecule has 1 aliphatic heterocycles. The van der Waals surface area contributed by atoms with Crippen LogP contribution in [0.5, 0.6) is 0 Å². The Kier molecular flexibility index (Phi) is 4.66. The number of carbonyl (C=O) groups is 1. The van der Waals surface area contributed by atoms with Gasteiger partial charge in [-0.1, -0.05) is 13.8 Å². The monoisotopic (exact) mass is 314 g/mol. The fraction of sp³-hybridized carbons (Fsp3) is 0.556. The van der Waals surface area contributed by atoms with E-state index < -0.39 is 0 Å². The van der Waals surface area contributed by atoms with Gasteiger partial charge < -0.3 is 9.88 Å². The maximum Gasteiger partial charge on any atom is 0.224 e. The molecule has 0 aliphatic carbocycles. The van der Waals surface area contributed by atoms with E-state index in [4.69, 9.17) is 4.98 Å². The van der Waals surface area contributed by atoms with E-state index in [1.165, 1.54) is 12.8 Å². The second-order valence-electron chi connectivity index (χ2n) is 6.65. The minimum Gasteiger partial charge on any atom is -0.330 e. The summed E-state index contributed by atoms with van der Waals surface area (Å²) in [5.41, 5.74) is 2.88. The first-order valence-corrected chi connectivity index (χ1v) is 8.54. The molecule has 0 saturated carbocycles. The number of hydrogen-bond acceptors (Lipinski definition) is 3. The molecule has 124 valence electrons. The summed E-state index contributed by atoms with van der Waals surface area (Å²) in [6, 6.07) is 5.95. The van der Waals surface area contributed by atoms with Crippen LogP contribution in [0.15, 0.2) is 18.2 Å². The lowest BCUT2D eigenvalue weighted by molar-refractivity contribution is -0.115. The largest absolute Gasteiger partial charge is 0.330 e. The number of benzene rings is 1. The smallest absolute Gasteiger partial charge is 0.224 e. The van der Waals surface area contributed by atoms with Crippen LogP contribution < -0.4 is 5.32 Å². The normalized spacial score (nSPS) is 16.8. The van der Waals surface area contributed by atoms with E-state index in [1.54, 1.807) is 0 Å². The summed E-state index contributed by atoms with van der Waals surface area (Å²) in [5.74, 6) is 1.97. The number of piperidine rings is 1. The Hall–Kier alpha value is -1.88. The molecule has 0 bridgehead atoms. The molecule has 1 aliphatic rings. The van der Waals surface area contributed by atoms with Gasteiger partial charge in [0.2, 0.25) is 5.91 Å². The second-order valence-corrected chi connectivity index (χ2v) is 6.65. The lowest BCUT2D eigenvalue weighted by Gasteiger charge is -2.29. The zero-order valence-corrected chi connectivity index (χ0v) is 14.3. The standard InChI is InChI=1S/C18H26N4O/c1-4-18(23)19-14-5-6-16-15(11-14)20-17(21(16)3)12-22-9-7-13(2)8-10-22/h5-6,11,13H,4,7-10,12H2,1-3H3,(H,19,23). The molecule has 1 amide bonds. The fourth-order valence-electron chi connectivity index (χ4n) is 3.14. The predicted octanol–water partition coefficient (Wildman–Crippen LogP) is 3.15. The number of nitrogens with one attached hydrogen (secondary N) is 1. The Morgan fingerprint density at radius 1 is 1.35 bits per heavy atom. The molecular formula is C18H26N4O. The third kappa shape index (κ3) is 3.55. The second kappa shape index (κ2) is 6.71. The molecule has 3 rings (SSSR count). The summed E-state index contributed by atoms with van der Waals surface area (Å²) in [4.78, 5) is 18.8. The van der Waals surface area contributed by atoms with Crippen LogP contribution >= 0.6 is 0 Å². The molecule has 1 fully saturated rings. The van der Waals surface area contributed by atoms with Crippen molar-refractivity contribution in [2.45, 2.75) is 39.7 Å². The average Bonchev–Trinajstić information content (AvgIpc) is 2.85. The minimum absolute atomic E-state index is 0.0305. The maximum atomic E-state index is 11.5. The highest BCUT2D eigenvalue weighted by molar-refractivity contribution is 5.92. The molecule has 2 heterocycles. The number of nitrogens with zero attached hydrogens (tertiary/aromatic N) is 3. The van der Waals surface area contributed by atoms with Gasteiger partial charge in [-0.25, -0.2) is 4.98 Å². The van der Waals surface area contributed by atoms with Crippen LogP contribution in [0.2, 0.25) is 0 Å². The van der Waals surface area contributed by atoms with Crippen molar-refractivity contribution < 1.29 is 4.79 Å². The molecule has 2 aromatic rings. The Morgan fingerprint density at radius 3 is 2.78 bits per heavy atom. The van der Waals surface area contributed by atoms with Crippen LogP contribution in [-0.2, 0) is 18.4 Å². The SMILES string of the molecule is CCC(=O)Nc1ccc2c(c1)nc(CN1CCC(C)CC1)n2C. The number of carbonyl (C=O) groups excluding carboxylic acids is 1. The van der Waals surface area contributed by atoms with Crippen molar-refractivity contribution in [1.29, 1.82) is 0 Å². The van der Waals surface area contributed by atoms with E-state index in [2.05, 4.69) is 28.8 Å². The quantitative estimate of drug-likeness (QED) is 0.943. The van der Waals surface area contributed by atoms with E-state index in [1.807, 2.05) is 25.1 Å². The summed E-state index contributed by atoms with van der Waals surface area (Å²) in [6.45, 7) is 7.39. The van der Waals surface area contributed by atoms with Crippen molar-refractivity contribution in [3.05, 3.63) is 24.0 Å². The fourth-order valence-corrected chi connectivity index (χ4v) is 3.14. The van der Waals surface area contributed by atoms with Gasteiger partial charge in [-0.15, -0.1) is 0 Å². The highest BCUT2D eigenvalue weighted by atomic mass is 16.1. The Balaban J connectivity index is 1.79. The third-order valence-corrected chi connectivity index (χ3v) is 4.82. The Bertz CT molecular complexity index is 698. The molecule has 1 aromatic heterocycles. The van der Waals surface area contributed by atoms with Crippen molar-refractivity contribution >= 4 is 22.6 Å². The maximum absolute atomic E-state index is 11.5. The number of anilines is 1. The molecular weight excluding hydrogens is 288 g/mol. The van der Waals surface area contributed by atoms with Crippen LogP contribution in [0.3, 0.4) is 0 Å². The van der Waals surface area contributed by atoms with Crippen molar-refractivity contribution in [3.8, 4) is 0 Å². The molecule has 1 aromatic carbocycles. The van der Waals surface area contributed by atoms with Crippen LogP contribution in [0.1, 0.15) is 38.9 Å². The molecule has 1 saturated heterocycles. The van der Waals surface area contributed by atoms with Gasteiger partial charge in [0.25, 0.3) is 0 Å². The molecule has 0 radical (unpaired) electrons. The Labute approximate surface area is 137 Å². The first-order valence-electron chi connectivity index (χ1n) is 8.54. The number of amides is 1. The van der Waals surface area contributed by atoms with Gasteiger partial charge in [-0.05, 0) is 50.0 Å². The van der Waals surface area contributed by atoms with Crippen molar-refractivity contribution in [1.82, 2.24) is 14.5 Å². The highest BCUT2D eigenvalue weighted by Crippen LogP contribution is 2.22. The van der Waals surface area contributed by atoms with Crippen LogP contribution in [0.4, 0.5) is 5.69 Å². The lowest BCUT2D eigenvalue weighted by atomic mass is 9.99. The minimum atomic E-state index is 0.0305. The summed E-state index contributed by atoms with van der Waals surface area (Å²) < 4.78 is 2.17. The van der Waals surface area contributed by atoms with E-state index in [0.29, 0.717) is 6.42 Å². The Morgan fingerprint density at radius 2 is 2.09 bits per heavy atom. The highest BCUT2D eigenvalue weighted by Gasteiger charge is 2.18. The van der Waals surface area contributed by atoms with Gasteiger partial charge in [0, 0.05) is 19.2 Å². The van der Waals surface area contributed by atoms with Gasteiger partial charge in [0.1, 0.15) is 5.82 Å². The number of imidazole rings is 1. The van der Waals surface area contributed by atoms with E-state index in [9.17, 15) is 4.79 Å². The molecule has 5 heteroatoms. The average molecular weight is 314 g/mol. The van der Waals surface area contributed by atoms with Gasteiger partial charge in [0.05, 0.1) is 17.6 Å². The molecule has 23 heavy (non-hydrogen) atoms. The number of hydrogen-bond donors (Lipinski definition) is 1. The first-order chi connectivity index (χ1) is 11.1. The summed E-state index contributed by atoms with van der Waals surface area (Å²) in [6.07, 6.45) is 3.03. The molecule has 0 spiro atoms. The zero-order valence-electron chi connectivity index (χ0n) is 14.3. The molecule has 5 nitrogen and oxygen atoms in total. The van der Waals surface area contributed by atoms with Gasteiger partial charge in [-0.2, -0.15) is 0 Å². The number of fused-ring (bicyclic) bond motifs is 1. The van der Waals surface area contributed by atoms with E-state index >= 15 is 0 Å². The number of rotatable bonds is 4. The molecule has 1 N–H and O–H groups in total. The molecule has 0 atom stereocenters. The van der Waals surface area contributed by atoms with Crippen molar-refractivity contribution in [2.24, 2.45) is 13.0 Å². The predicted molar refractivity (Wildman–Crippen MR) is 93.3 cm³/mol. The topological polar surface area (TPSA) is 50.2 Å². The third-order valence-electron chi connectivity index (χ3n) is 4.82. The van der Waals surface area contributed by atoms with Gasteiger partial charge in [-0.3, -0.25) is 9.69 Å². The van der Waals surface area contributed by atoms with Crippen molar-refractivity contribution in [2.75, 3.05) is 18.4 Å². The number of likely N-dealkylation sites (tertiary alicyclic amines) is 1. The van der Waals surface area contributed by atoms with Crippen LogP contribution in [0.25, 0.3) is 11.0 Å². The summed E-state index contributed by atoms with van der Waals surface area (Å²) >= 11 is 0. The van der Waals surface area contributed by atoms with E-state index in [0.717, 1.165) is 48.1 Å². The number of aryl methyl sites for hydroxylation is 1. The number of aromatic nitrogens is 2. The van der Waals surface area contributed by atoms with Crippen molar-refractivity contribution in [3.63, 3.8) is 0 Å². The first kappa shape index (κ1) is 16.0. The van der Waals surface area contributed by atoms with Gasteiger partial charge in [0.15, 0.2) is 0 Å². The summed E-state index contributed by atoms with van der Waals surface area (Å²) in [7, 11) is 2.07. The molecule has 0 unspecified atom stereocenters. The van der Waals surface area contributed by atoms with E-state index in [-0.39, 0.29) is 5.91 Å². The van der Waals surface area contributed by atoms with Gasteiger partial charge >= 0.3 is 0 Å². The van der Waals surface area contributed by atoms with Crippen LogP contribution in [0, 0.1) is 5.92 Å². The zero-order chi connectivity index (χ0) is 16.4. The lowest BCUT2D eigenvalue weighted by Crippen LogP contribution is -2.33.